The van der Waals surface area contributed by atoms with Crippen molar-refractivity contribution in [2.24, 2.45) is 4.99 Å². The molecule has 0 unspecified atom stereocenters. The Labute approximate surface area is 157 Å². The van der Waals surface area contributed by atoms with Gasteiger partial charge in [0.15, 0.2) is 0 Å². The molecule has 0 N–H and O–H groups in total. The molecule has 1 aromatic heterocycles. The molecule has 1 saturated heterocycles. The average Bonchev–Trinajstić information content (AvgIpc) is 3.10. The van der Waals surface area contributed by atoms with Gasteiger partial charge in [-0.2, -0.15) is 0 Å². The summed E-state index contributed by atoms with van der Waals surface area (Å²) < 4.78 is 13.2. The quantitative estimate of drug-likeness (QED) is 0.574. The highest BCUT2D eigenvalue weighted by atomic mass is 35.5. The summed E-state index contributed by atoms with van der Waals surface area (Å²) >= 11 is 7.89. The van der Waals surface area contributed by atoms with Crippen LogP contribution in [-0.2, 0) is 6.54 Å². The normalized spacial score (nSPS) is 16.7. The van der Waals surface area contributed by atoms with Gasteiger partial charge in [0.2, 0.25) is 0 Å². The SMILES string of the molecule is CC(C)N=C(c1cccs1)N1CCN(Cc2ccc(F)cc2Cl)CC1. The van der Waals surface area contributed by atoms with Crippen LogP contribution < -0.4 is 0 Å². The molecule has 6 heteroatoms. The van der Waals surface area contributed by atoms with Gasteiger partial charge >= 0.3 is 0 Å². The molecular weight excluding hydrogens is 357 g/mol. The zero-order valence-corrected chi connectivity index (χ0v) is 16.2. The molecule has 0 saturated carbocycles. The van der Waals surface area contributed by atoms with Crippen LogP contribution in [-0.4, -0.2) is 47.9 Å². The van der Waals surface area contributed by atoms with Gasteiger partial charge in [0.25, 0.3) is 0 Å². The number of rotatable bonds is 4. The lowest BCUT2D eigenvalue weighted by Gasteiger charge is -2.36. The van der Waals surface area contributed by atoms with Gasteiger partial charge in [0.05, 0.1) is 4.88 Å². The first kappa shape index (κ1) is 18.4. The molecule has 3 nitrogen and oxygen atoms in total. The third kappa shape index (κ3) is 4.81. The predicted octanol–water partition coefficient (Wildman–Crippen LogP) is 4.51. The van der Waals surface area contributed by atoms with Crippen molar-refractivity contribution in [3.63, 3.8) is 0 Å². The van der Waals surface area contributed by atoms with E-state index in [1.54, 1.807) is 17.4 Å². The molecule has 1 aromatic carbocycles. The van der Waals surface area contributed by atoms with E-state index in [4.69, 9.17) is 16.6 Å². The number of amidine groups is 1. The van der Waals surface area contributed by atoms with Crippen molar-refractivity contribution in [2.75, 3.05) is 26.2 Å². The summed E-state index contributed by atoms with van der Waals surface area (Å²) in [6, 6.07) is 9.12. The molecule has 1 fully saturated rings. The Morgan fingerprint density at radius 1 is 1.24 bits per heavy atom. The van der Waals surface area contributed by atoms with Crippen LogP contribution in [0.2, 0.25) is 5.02 Å². The lowest BCUT2D eigenvalue weighted by molar-refractivity contribution is 0.175. The smallest absolute Gasteiger partial charge is 0.141 e. The van der Waals surface area contributed by atoms with Gasteiger partial charge < -0.3 is 4.90 Å². The van der Waals surface area contributed by atoms with E-state index in [1.165, 1.54) is 17.0 Å². The summed E-state index contributed by atoms with van der Waals surface area (Å²) in [5, 5.41) is 2.60. The monoisotopic (exact) mass is 379 g/mol. The van der Waals surface area contributed by atoms with Gasteiger partial charge in [-0.05, 0) is 43.0 Å². The maximum absolute atomic E-state index is 13.2. The second-order valence-electron chi connectivity index (χ2n) is 6.52. The van der Waals surface area contributed by atoms with Crippen molar-refractivity contribution in [1.29, 1.82) is 0 Å². The first-order chi connectivity index (χ1) is 12.0. The fourth-order valence-electron chi connectivity index (χ4n) is 2.96. The van der Waals surface area contributed by atoms with E-state index >= 15 is 0 Å². The second-order valence-corrected chi connectivity index (χ2v) is 7.88. The van der Waals surface area contributed by atoms with Crippen LogP contribution in [0.5, 0.6) is 0 Å². The Hall–Kier alpha value is -1.43. The summed E-state index contributed by atoms with van der Waals surface area (Å²) in [6.45, 7) is 8.72. The Balaban J connectivity index is 1.64. The lowest BCUT2D eigenvalue weighted by Crippen LogP contribution is -2.48. The molecule has 0 atom stereocenters. The minimum absolute atomic E-state index is 0.271. The van der Waals surface area contributed by atoms with Gasteiger partial charge in [-0.15, -0.1) is 11.3 Å². The van der Waals surface area contributed by atoms with E-state index in [0.29, 0.717) is 5.02 Å². The zero-order chi connectivity index (χ0) is 17.8. The van der Waals surface area contributed by atoms with Gasteiger partial charge in [-0.25, -0.2) is 4.39 Å². The maximum Gasteiger partial charge on any atom is 0.141 e. The Kier molecular flexibility index (Phi) is 6.10. The van der Waals surface area contributed by atoms with Crippen molar-refractivity contribution in [2.45, 2.75) is 26.4 Å². The number of hydrogen-bond acceptors (Lipinski definition) is 3. The highest BCUT2D eigenvalue weighted by Crippen LogP contribution is 2.21. The van der Waals surface area contributed by atoms with Crippen molar-refractivity contribution in [1.82, 2.24) is 9.80 Å². The summed E-state index contributed by atoms with van der Waals surface area (Å²) in [4.78, 5) is 10.8. The third-order valence-electron chi connectivity index (χ3n) is 4.20. The molecular formula is C19H23ClFN3S. The fourth-order valence-corrected chi connectivity index (χ4v) is 3.94. The number of piperazine rings is 1. The van der Waals surface area contributed by atoms with Crippen LogP contribution in [0.1, 0.15) is 24.3 Å². The van der Waals surface area contributed by atoms with E-state index in [2.05, 4.69) is 41.2 Å². The molecule has 0 aliphatic carbocycles. The molecule has 0 spiro atoms. The zero-order valence-electron chi connectivity index (χ0n) is 14.6. The van der Waals surface area contributed by atoms with Crippen LogP contribution in [0.3, 0.4) is 0 Å². The Morgan fingerprint density at radius 2 is 2.00 bits per heavy atom. The number of nitrogens with zero attached hydrogens (tertiary/aromatic N) is 3. The maximum atomic E-state index is 13.2. The fraction of sp³-hybridized carbons (Fsp3) is 0.421. The third-order valence-corrected chi connectivity index (χ3v) is 5.42. The molecule has 0 radical (unpaired) electrons. The van der Waals surface area contributed by atoms with Crippen LogP contribution >= 0.6 is 22.9 Å². The Morgan fingerprint density at radius 3 is 2.60 bits per heavy atom. The highest BCUT2D eigenvalue weighted by molar-refractivity contribution is 7.12. The first-order valence-electron chi connectivity index (χ1n) is 8.56. The number of thiophene rings is 1. The number of benzene rings is 1. The standard InChI is InChI=1S/C19H23ClFN3S/c1-14(2)22-19(18-4-3-11-25-18)24-9-7-23(8-10-24)13-15-5-6-16(21)12-17(15)20/h3-6,11-12,14H,7-10,13H2,1-2H3. The van der Waals surface area contributed by atoms with E-state index in [-0.39, 0.29) is 11.9 Å². The van der Waals surface area contributed by atoms with Gasteiger partial charge in [-0.1, -0.05) is 23.7 Å². The minimum atomic E-state index is -0.288. The first-order valence-corrected chi connectivity index (χ1v) is 9.81. The topological polar surface area (TPSA) is 18.8 Å². The van der Waals surface area contributed by atoms with Crippen LogP contribution in [0, 0.1) is 5.82 Å². The lowest BCUT2D eigenvalue weighted by atomic mass is 10.2. The minimum Gasteiger partial charge on any atom is -0.353 e. The summed E-state index contributed by atoms with van der Waals surface area (Å²) in [5.41, 5.74) is 0.978. The number of halogens is 2. The molecule has 1 aliphatic rings. The highest BCUT2D eigenvalue weighted by Gasteiger charge is 2.22. The van der Waals surface area contributed by atoms with Crippen molar-refractivity contribution >= 4 is 28.8 Å². The number of aliphatic imine (C=N–C) groups is 1. The molecule has 3 rings (SSSR count). The van der Waals surface area contributed by atoms with Gasteiger partial charge in [0, 0.05) is 43.8 Å². The van der Waals surface area contributed by atoms with Crippen molar-refractivity contribution in [3.8, 4) is 0 Å². The molecule has 2 heterocycles. The van der Waals surface area contributed by atoms with E-state index in [1.807, 2.05) is 0 Å². The van der Waals surface area contributed by atoms with E-state index in [9.17, 15) is 4.39 Å². The van der Waals surface area contributed by atoms with Crippen LogP contribution in [0.4, 0.5) is 4.39 Å². The second kappa shape index (κ2) is 8.30. The van der Waals surface area contributed by atoms with E-state index in [0.717, 1.165) is 44.1 Å². The summed E-state index contributed by atoms with van der Waals surface area (Å²) in [5.74, 6) is 0.813. The molecule has 1 aliphatic heterocycles. The predicted molar refractivity (Wildman–Crippen MR) is 104 cm³/mol. The van der Waals surface area contributed by atoms with E-state index < -0.39 is 0 Å². The molecule has 134 valence electrons. The van der Waals surface area contributed by atoms with Crippen molar-refractivity contribution < 1.29 is 4.39 Å². The van der Waals surface area contributed by atoms with Crippen LogP contribution in [0.15, 0.2) is 40.7 Å². The number of hydrogen-bond donors (Lipinski definition) is 0. The van der Waals surface area contributed by atoms with Gasteiger partial charge in [-0.3, -0.25) is 9.89 Å². The molecule has 25 heavy (non-hydrogen) atoms. The molecule has 2 aromatic rings. The largest absolute Gasteiger partial charge is 0.353 e. The van der Waals surface area contributed by atoms with Crippen LogP contribution in [0.25, 0.3) is 0 Å². The molecule has 0 bridgehead atoms. The van der Waals surface area contributed by atoms with Gasteiger partial charge in [0.1, 0.15) is 11.7 Å². The average molecular weight is 380 g/mol. The van der Waals surface area contributed by atoms with Crippen molar-refractivity contribution in [3.05, 3.63) is 57.0 Å². The Bertz CT molecular complexity index is 722. The summed E-state index contributed by atoms with van der Waals surface area (Å²) in [7, 11) is 0. The molecule has 0 amide bonds. The summed E-state index contributed by atoms with van der Waals surface area (Å²) in [6.07, 6.45) is 0.